The molecule has 0 radical (unpaired) electrons. The van der Waals surface area contributed by atoms with Crippen LogP contribution >= 0.6 is 0 Å². The molecule has 5 rings (SSSR count). The van der Waals surface area contributed by atoms with E-state index in [4.69, 9.17) is 4.42 Å². The summed E-state index contributed by atoms with van der Waals surface area (Å²) in [5.41, 5.74) is 2.74. The van der Waals surface area contributed by atoms with E-state index in [2.05, 4.69) is 20.0 Å². The number of fused-ring (bicyclic) bond motifs is 1. The molecule has 1 atom stereocenters. The monoisotopic (exact) mass is 443 g/mol. The number of pyridine rings is 1. The molecule has 1 aromatic carbocycles. The lowest BCUT2D eigenvalue weighted by atomic mass is 9.96. The van der Waals surface area contributed by atoms with E-state index < -0.39 is 24.1 Å². The molecule has 0 aliphatic heterocycles. The maximum absolute atomic E-state index is 12.7. The number of hydrogen-bond donors (Lipinski definition) is 1. The molecule has 9 heteroatoms. The smallest absolute Gasteiger partial charge is 0.439 e. The van der Waals surface area contributed by atoms with Gasteiger partial charge in [-0.3, -0.25) is 9.78 Å². The van der Waals surface area contributed by atoms with Crippen molar-refractivity contribution in [1.82, 2.24) is 15.3 Å². The Morgan fingerprint density at radius 1 is 1.16 bits per heavy atom. The number of aryl methyl sites for hydroxylation is 1. The van der Waals surface area contributed by atoms with Crippen molar-refractivity contribution >= 4 is 5.91 Å². The van der Waals surface area contributed by atoms with Gasteiger partial charge in [0.05, 0.1) is 11.7 Å². The Morgan fingerprint density at radius 3 is 2.78 bits per heavy atom. The van der Waals surface area contributed by atoms with Crippen molar-refractivity contribution in [3.63, 3.8) is 0 Å². The molecule has 1 fully saturated rings. The van der Waals surface area contributed by atoms with Crippen LogP contribution in [0, 0.1) is 0 Å². The minimum Gasteiger partial charge on any atom is -0.439 e. The Morgan fingerprint density at radius 2 is 2.00 bits per heavy atom. The first-order valence-corrected chi connectivity index (χ1v) is 10.5. The van der Waals surface area contributed by atoms with Crippen molar-refractivity contribution in [2.75, 3.05) is 0 Å². The van der Waals surface area contributed by atoms with Crippen LogP contribution in [0.2, 0.25) is 0 Å². The molecular weight excluding hydrogens is 423 g/mol. The summed E-state index contributed by atoms with van der Waals surface area (Å²) in [5, 5.41) is 2.86. The second-order valence-corrected chi connectivity index (χ2v) is 8.07. The molecule has 1 saturated carbocycles. The molecule has 32 heavy (non-hydrogen) atoms. The van der Waals surface area contributed by atoms with Crippen molar-refractivity contribution in [2.24, 2.45) is 0 Å². The van der Waals surface area contributed by atoms with E-state index >= 15 is 0 Å². The number of nitrogens with one attached hydrogen (secondary N) is 1. The second kappa shape index (κ2) is 7.96. The molecule has 1 amide bonds. The number of carbonyl (C=O) groups is 1. The standard InChI is InChI=1S/C23H20F3N3O3/c24-23(25,26)32-16-4-1-3-14(11-16)21(30)28-17-5-2-6-18-20(17)31-22(29-18)15-9-10-27-19(12-15)13-7-8-13/h1,3-4,9-13,17H,2,5-8H2,(H,28,30)/t17-/m1/s1. The normalized spacial score (nSPS) is 18.2. The molecule has 166 valence electrons. The molecule has 2 aliphatic carbocycles. The average Bonchev–Trinajstić information content (AvgIpc) is 3.51. The summed E-state index contributed by atoms with van der Waals surface area (Å²) < 4.78 is 47.4. The van der Waals surface area contributed by atoms with Crippen LogP contribution in [-0.4, -0.2) is 22.2 Å². The number of rotatable bonds is 5. The van der Waals surface area contributed by atoms with Gasteiger partial charge in [-0.25, -0.2) is 4.98 Å². The van der Waals surface area contributed by atoms with Gasteiger partial charge in [-0.2, -0.15) is 0 Å². The second-order valence-electron chi connectivity index (χ2n) is 8.07. The molecule has 6 nitrogen and oxygen atoms in total. The van der Waals surface area contributed by atoms with E-state index in [9.17, 15) is 18.0 Å². The van der Waals surface area contributed by atoms with Crippen LogP contribution in [0.1, 0.15) is 65.1 Å². The number of halogens is 3. The summed E-state index contributed by atoms with van der Waals surface area (Å²) in [6.07, 6.45) is 1.41. The maximum Gasteiger partial charge on any atom is 0.573 e. The number of ether oxygens (including phenoxy) is 1. The van der Waals surface area contributed by atoms with E-state index in [0.717, 1.165) is 54.8 Å². The van der Waals surface area contributed by atoms with Gasteiger partial charge in [0.2, 0.25) is 5.89 Å². The predicted octanol–water partition coefficient (Wildman–Crippen LogP) is 5.32. The van der Waals surface area contributed by atoms with Crippen LogP contribution in [0.4, 0.5) is 13.2 Å². The van der Waals surface area contributed by atoms with Crippen LogP contribution in [0.5, 0.6) is 5.75 Å². The van der Waals surface area contributed by atoms with Crippen LogP contribution in [0.15, 0.2) is 47.0 Å². The number of oxazole rings is 1. The number of alkyl halides is 3. The third-order valence-corrected chi connectivity index (χ3v) is 5.61. The van der Waals surface area contributed by atoms with Gasteiger partial charge in [0, 0.05) is 28.9 Å². The molecule has 0 bridgehead atoms. The molecular formula is C23H20F3N3O3. The SMILES string of the molecule is O=C(N[C@@H]1CCCc2nc(-c3ccnc(C4CC4)c3)oc21)c1cccc(OC(F)(F)F)c1. The van der Waals surface area contributed by atoms with Crippen molar-refractivity contribution in [3.05, 3.63) is 65.3 Å². The van der Waals surface area contributed by atoms with Crippen LogP contribution in [-0.2, 0) is 6.42 Å². The lowest BCUT2D eigenvalue weighted by Gasteiger charge is -2.21. The molecule has 1 N–H and O–H groups in total. The highest BCUT2D eigenvalue weighted by Crippen LogP contribution is 2.40. The number of amides is 1. The number of hydrogen-bond acceptors (Lipinski definition) is 5. The van der Waals surface area contributed by atoms with E-state index in [1.807, 2.05) is 12.1 Å². The minimum absolute atomic E-state index is 0.0711. The summed E-state index contributed by atoms with van der Waals surface area (Å²) in [6.45, 7) is 0. The van der Waals surface area contributed by atoms with Gasteiger partial charge in [-0.05, 0) is 62.4 Å². The number of carbonyl (C=O) groups excluding carboxylic acids is 1. The molecule has 2 heterocycles. The number of nitrogens with zero attached hydrogens (tertiary/aromatic N) is 2. The zero-order valence-electron chi connectivity index (χ0n) is 17.0. The van der Waals surface area contributed by atoms with Crippen molar-refractivity contribution in [1.29, 1.82) is 0 Å². The van der Waals surface area contributed by atoms with Crippen molar-refractivity contribution in [2.45, 2.75) is 50.4 Å². The van der Waals surface area contributed by atoms with Gasteiger partial charge >= 0.3 is 6.36 Å². The zero-order chi connectivity index (χ0) is 22.3. The first kappa shape index (κ1) is 20.5. The summed E-state index contributed by atoms with van der Waals surface area (Å²) in [7, 11) is 0. The summed E-state index contributed by atoms with van der Waals surface area (Å²) in [6, 6.07) is 8.42. The zero-order valence-corrected chi connectivity index (χ0v) is 17.0. The Labute approximate surface area is 181 Å². The molecule has 0 spiro atoms. The van der Waals surface area contributed by atoms with Gasteiger partial charge in [-0.1, -0.05) is 6.07 Å². The molecule has 2 aromatic heterocycles. The Hall–Kier alpha value is -3.36. The van der Waals surface area contributed by atoms with Crippen LogP contribution < -0.4 is 10.1 Å². The molecule has 2 aliphatic rings. The van der Waals surface area contributed by atoms with Gasteiger partial charge in [-0.15, -0.1) is 13.2 Å². The lowest BCUT2D eigenvalue weighted by molar-refractivity contribution is -0.274. The summed E-state index contributed by atoms with van der Waals surface area (Å²) in [4.78, 5) is 21.8. The average molecular weight is 443 g/mol. The number of aromatic nitrogens is 2. The van der Waals surface area contributed by atoms with Crippen LogP contribution in [0.25, 0.3) is 11.5 Å². The Kier molecular flexibility index (Phi) is 5.11. The topological polar surface area (TPSA) is 77.3 Å². The van der Waals surface area contributed by atoms with Gasteiger partial charge in [0.25, 0.3) is 5.91 Å². The highest BCUT2D eigenvalue weighted by Gasteiger charge is 2.32. The van der Waals surface area contributed by atoms with Crippen molar-refractivity contribution in [3.8, 4) is 17.2 Å². The molecule has 0 saturated heterocycles. The van der Waals surface area contributed by atoms with Crippen LogP contribution in [0.3, 0.4) is 0 Å². The van der Waals surface area contributed by atoms with E-state index in [0.29, 0.717) is 24.0 Å². The first-order valence-electron chi connectivity index (χ1n) is 10.5. The lowest BCUT2D eigenvalue weighted by Crippen LogP contribution is -2.30. The third kappa shape index (κ3) is 4.46. The highest BCUT2D eigenvalue weighted by molar-refractivity contribution is 5.94. The molecule has 0 unspecified atom stereocenters. The van der Waals surface area contributed by atoms with Crippen molar-refractivity contribution < 1.29 is 27.1 Å². The van der Waals surface area contributed by atoms with E-state index in [-0.39, 0.29) is 5.56 Å². The minimum atomic E-state index is -4.82. The van der Waals surface area contributed by atoms with Gasteiger partial charge in [0.1, 0.15) is 11.5 Å². The number of benzene rings is 1. The van der Waals surface area contributed by atoms with E-state index in [1.165, 1.54) is 12.1 Å². The largest absolute Gasteiger partial charge is 0.573 e. The van der Waals surface area contributed by atoms with E-state index in [1.54, 1.807) is 6.20 Å². The maximum atomic E-state index is 12.7. The summed E-state index contributed by atoms with van der Waals surface area (Å²) in [5.74, 6) is 0.630. The Balaban J connectivity index is 1.35. The fourth-order valence-corrected chi connectivity index (χ4v) is 3.94. The van der Waals surface area contributed by atoms with Gasteiger partial charge < -0.3 is 14.5 Å². The first-order chi connectivity index (χ1) is 15.4. The fraction of sp³-hybridized carbons (Fsp3) is 0.348. The van der Waals surface area contributed by atoms with Gasteiger partial charge in [0.15, 0.2) is 0 Å². The summed E-state index contributed by atoms with van der Waals surface area (Å²) >= 11 is 0. The third-order valence-electron chi connectivity index (χ3n) is 5.61. The predicted molar refractivity (Wildman–Crippen MR) is 108 cm³/mol. The molecule has 3 aromatic rings. The Bertz CT molecular complexity index is 1150. The highest BCUT2D eigenvalue weighted by atomic mass is 19.4. The fourth-order valence-electron chi connectivity index (χ4n) is 3.94. The quantitative estimate of drug-likeness (QED) is 0.578.